The predicted octanol–water partition coefficient (Wildman–Crippen LogP) is 5.38. The number of carbonyl (C=O) groups excluding carboxylic acids is 1. The summed E-state index contributed by atoms with van der Waals surface area (Å²) >= 11 is 0. The lowest BCUT2D eigenvalue weighted by molar-refractivity contribution is -0.130. The number of aliphatic imine (C=N–C) groups is 1. The second-order valence-corrected chi connectivity index (χ2v) is 9.83. The number of carbonyl (C=O) groups is 1. The van der Waals surface area contributed by atoms with Crippen molar-refractivity contribution in [3.63, 3.8) is 0 Å². The van der Waals surface area contributed by atoms with Gasteiger partial charge in [0.15, 0.2) is 0 Å². The molecule has 1 saturated heterocycles. The average molecular weight is 466 g/mol. The minimum atomic E-state index is -0.0827. The summed E-state index contributed by atoms with van der Waals surface area (Å²) in [6.45, 7) is 17.9. The van der Waals surface area contributed by atoms with Crippen molar-refractivity contribution in [2.45, 2.75) is 73.9 Å². The van der Waals surface area contributed by atoms with Crippen LogP contribution in [-0.4, -0.2) is 64.5 Å². The monoisotopic (exact) mass is 465 g/mol. The third kappa shape index (κ3) is 6.08. The molecule has 0 aromatic carbocycles. The normalized spacial score (nSPS) is 25.5. The van der Waals surface area contributed by atoms with Crippen molar-refractivity contribution in [3.8, 4) is 0 Å². The van der Waals surface area contributed by atoms with Gasteiger partial charge >= 0.3 is 0 Å². The second-order valence-electron chi connectivity index (χ2n) is 9.83. The standard InChI is InChI=1S/C28H43N5O/c1-8-12-20(2)23(5)28(26-14-11-9-10-13-21(26)3)30-33-24(6)29-22(4)19-27(33)32-17-15-31(16-18-32)25(7)34/h9,11-12,14,19,21,23-24H,8,10,13,15-18H2,1-7H3/b20-12+,30-28+. The number of hydrogen-bond donors (Lipinski definition) is 0. The Morgan fingerprint density at radius 3 is 2.59 bits per heavy atom. The molecule has 3 unspecified atom stereocenters. The van der Waals surface area contributed by atoms with Crippen LogP contribution in [0.5, 0.6) is 0 Å². The molecule has 3 rings (SSSR count). The summed E-state index contributed by atoms with van der Waals surface area (Å²) in [6, 6.07) is 0. The molecule has 1 amide bonds. The van der Waals surface area contributed by atoms with Crippen molar-refractivity contribution in [1.82, 2.24) is 14.8 Å². The minimum absolute atomic E-state index is 0.0827. The summed E-state index contributed by atoms with van der Waals surface area (Å²) in [5.74, 6) is 1.90. The van der Waals surface area contributed by atoms with Gasteiger partial charge in [-0.15, -0.1) is 0 Å². The Kier molecular flexibility index (Phi) is 8.92. The molecular formula is C28H43N5O. The fourth-order valence-electron chi connectivity index (χ4n) is 4.95. The van der Waals surface area contributed by atoms with Gasteiger partial charge in [-0.3, -0.25) is 9.79 Å². The second kappa shape index (κ2) is 11.7. The fourth-order valence-corrected chi connectivity index (χ4v) is 4.95. The first kappa shape index (κ1) is 26.0. The summed E-state index contributed by atoms with van der Waals surface area (Å²) in [6.07, 6.45) is 14.4. The maximum absolute atomic E-state index is 11.8. The summed E-state index contributed by atoms with van der Waals surface area (Å²) < 4.78 is 0. The predicted molar refractivity (Wildman–Crippen MR) is 143 cm³/mol. The van der Waals surface area contributed by atoms with E-state index in [-0.39, 0.29) is 18.0 Å². The van der Waals surface area contributed by atoms with Gasteiger partial charge < -0.3 is 9.80 Å². The zero-order chi connectivity index (χ0) is 24.8. The van der Waals surface area contributed by atoms with E-state index < -0.39 is 0 Å². The van der Waals surface area contributed by atoms with E-state index in [0.29, 0.717) is 5.92 Å². The molecule has 1 aliphatic carbocycles. The molecule has 2 heterocycles. The number of allylic oxidation sites excluding steroid dienone is 7. The van der Waals surface area contributed by atoms with Crippen molar-refractivity contribution < 1.29 is 4.79 Å². The summed E-state index contributed by atoms with van der Waals surface area (Å²) in [4.78, 5) is 21.0. The SMILES string of the molecule is CC/C=C(\C)C(C)/C(=N\N1C(N2CCN(C(C)=O)CC2)=CC(C)=NC1C)C1=CC=CCCC1C. The van der Waals surface area contributed by atoms with Crippen LogP contribution in [0.3, 0.4) is 0 Å². The number of piperazine rings is 1. The van der Waals surface area contributed by atoms with E-state index in [1.54, 1.807) is 6.92 Å². The molecular weight excluding hydrogens is 422 g/mol. The quantitative estimate of drug-likeness (QED) is 0.391. The van der Waals surface area contributed by atoms with E-state index in [0.717, 1.165) is 62.7 Å². The molecule has 0 aromatic heterocycles. The molecule has 6 heteroatoms. The van der Waals surface area contributed by atoms with Gasteiger partial charge in [-0.2, -0.15) is 5.10 Å². The summed E-state index contributed by atoms with van der Waals surface area (Å²) in [5.41, 5.74) is 4.83. The van der Waals surface area contributed by atoms with Crippen LogP contribution in [-0.2, 0) is 4.79 Å². The third-order valence-electron chi connectivity index (χ3n) is 7.21. The van der Waals surface area contributed by atoms with Crippen LogP contribution in [0.4, 0.5) is 0 Å². The Morgan fingerprint density at radius 2 is 1.94 bits per heavy atom. The van der Waals surface area contributed by atoms with Crippen molar-refractivity contribution in [2.24, 2.45) is 21.9 Å². The maximum Gasteiger partial charge on any atom is 0.219 e. The first-order chi connectivity index (χ1) is 16.2. The van der Waals surface area contributed by atoms with Crippen molar-refractivity contribution in [1.29, 1.82) is 0 Å². The van der Waals surface area contributed by atoms with Crippen LogP contribution < -0.4 is 0 Å². The molecule has 2 aliphatic heterocycles. The Balaban J connectivity index is 2.02. The van der Waals surface area contributed by atoms with Crippen LogP contribution in [0, 0.1) is 11.8 Å². The van der Waals surface area contributed by atoms with Gasteiger partial charge in [0, 0.05) is 50.8 Å². The third-order valence-corrected chi connectivity index (χ3v) is 7.21. The molecule has 0 bridgehead atoms. The van der Waals surface area contributed by atoms with Crippen molar-refractivity contribution >= 4 is 17.3 Å². The van der Waals surface area contributed by atoms with E-state index in [1.807, 2.05) is 4.90 Å². The highest BCUT2D eigenvalue weighted by Crippen LogP contribution is 2.30. The number of nitrogens with zero attached hydrogens (tertiary/aromatic N) is 5. The Morgan fingerprint density at radius 1 is 1.24 bits per heavy atom. The molecule has 6 nitrogen and oxygen atoms in total. The highest BCUT2D eigenvalue weighted by Gasteiger charge is 2.30. The Hall–Kier alpha value is -2.63. The molecule has 0 radical (unpaired) electrons. The first-order valence-electron chi connectivity index (χ1n) is 12.9. The smallest absolute Gasteiger partial charge is 0.219 e. The largest absolute Gasteiger partial charge is 0.353 e. The first-order valence-corrected chi connectivity index (χ1v) is 12.9. The van der Waals surface area contributed by atoms with Crippen LogP contribution >= 0.6 is 0 Å². The maximum atomic E-state index is 11.8. The van der Waals surface area contributed by atoms with Crippen molar-refractivity contribution in [3.05, 3.63) is 47.3 Å². The zero-order valence-corrected chi connectivity index (χ0v) is 22.2. The zero-order valence-electron chi connectivity index (χ0n) is 22.2. The highest BCUT2D eigenvalue weighted by molar-refractivity contribution is 6.04. The van der Waals surface area contributed by atoms with Gasteiger partial charge in [0.1, 0.15) is 12.0 Å². The lowest BCUT2D eigenvalue weighted by atomic mass is 9.84. The number of hydrazone groups is 1. The van der Waals surface area contributed by atoms with E-state index >= 15 is 0 Å². The molecule has 1 fully saturated rings. The molecule has 34 heavy (non-hydrogen) atoms. The van der Waals surface area contributed by atoms with Crippen LogP contribution in [0.25, 0.3) is 0 Å². The van der Waals surface area contributed by atoms with E-state index in [2.05, 4.69) is 81.8 Å². The molecule has 186 valence electrons. The van der Waals surface area contributed by atoms with Crippen molar-refractivity contribution in [2.75, 3.05) is 26.2 Å². The number of hydrogen-bond acceptors (Lipinski definition) is 5. The Bertz CT molecular complexity index is 930. The molecule has 0 aromatic rings. The topological polar surface area (TPSA) is 51.5 Å². The van der Waals surface area contributed by atoms with E-state index in [4.69, 9.17) is 10.1 Å². The molecule has 0 N–H and O–H groups in total. The van der Waals surface area contributed by atoms with Crippen LogP contribution in [0.2, 0.25) is 0 Å². The van der Waals surface area contributed by atoms with Gasteiger partial charge in [-0.25, -0.2) is 5.01 Å². The van der Waals surface area contributed by atoms with E-state index in [9.17, 15) is 4.79 Å². The van der Waals surface area contributed by atoms with E-state index in [1.165, 1.54) is 11.1 Å². The van der Waals surface area contributed by atoms with Crippen LogP contribution in [0.15, 0.2) is 57.4 Å². The lowest BCUT2D eigenvalue weighted by Gasteiger charge is -2.42. The minimum Gasteiger partial charge on any atom is -0.353 e. The van der Waals surface area contributed by atoms with Gasteiger partial charge in [-0.05, 0) is 51.5 Å². The molecule has 0 spiro atoms. The number of amides is 1. The van der Waals surface area contributed by atoms with Gasteiger partial charge in [0.05, 0.1) is 5.71 Å². The van der Waals surface area contributed by atoms with Crippen LogP contribution in [0.1, 0.15) is 67.7 Å². The molecule has 0 saturated carbocycles. The van der Waals surface area contributed by atoms with Gasteiger partial charge in [-0.1, -0.05) is 50.6 Å². The summed E-state index contributed by atoms with van der Waals surface area (Å²) in [5, 5.41) is 7.50. The Labute approximate surface area is 206 Å². The van der Waals surface area contributed by atoms with Gasteiger partial charge in [0.25, 0.3) is 0 Å². The molecule has 3 aliphatic rings. The number of rotatable bonds is 6. The fraction of sp³-hybridized carbons (Fsp3) is 0.607. The average Bonchev–Trinajstić information content (AvgIpc) is 3.02. The van der Waals surface area contributed by atoms with Gasteiger partial charge in [0.2, 0.25) is 5.91 Å². The summed E-state index contributed by atoms with van der Waals surface area (Å²) in [7, 11) is 0. The highest BCUT2D eigenvalue weighted by atomic mass is 16.2. The lowest BCUT2D eigenvalue weighted by Crippen LogP contribution is -2.51. The molecule has 3 atom stereocenters.